The second-order valence-corrected chi connectivity index (χ2v) is 7.84. The second kappa shape index (κ2) is 8.82. The number of aliphatic imine (C=N–C) groups is 1. The van der Waals surface area contributed by atoms with E-state index in [4.69, 9.17) is 4.99 Å². The Bertz CT molecular complexity index is 1510. The van der Waals surface area contributed by atoms with Gasteiger partial charge in [-0.05, 0) is 43.7 Å². The van der Waals surface area contributed by atoms with Crippen LogP contribution in [-0.4, -0.2) is 42.3 Å². The van der Waals surface area contributed by atoms with Crippen molar-refractivity contribution in [3.05, 3.63) is 90.4 Å². The summed E-state index contributed by atoms with van der Waals surface area (Å²) in [5.41, 5.74) is 7.04. The predicted molar refractivity (Wildman–Crippen MR) is 129 cm³/mol. The molecule has 0 unspecified atom stereocenters. The summed E-state index contributed by atoms with van der Waals surface area (Å²) in [6.45, 7) is 4.49. The van der Waals surface area contributed by atoms with Gasteiger partial charge in [-0.1, -0.05) is 0 Å². The maximum atomic E-state index is 14.0. The van der Waals surface area contributed by atoms with E-state index in [1.165, 1.54) is 18.5 Å². The molecule has 0 fully saturated rings. The average Bonchev–Trinajstić information content (AvgIpc) is 3.27. The molecule has 7 nitrogen and oxygen atoms in total. The van der Waals surface area contributed by atoms with Crippen LogP contribution in [0.5, 0.6) is 5.75 Å². The Morgan fingerprint density at radius 1 is 0.941 bits per heavy atom. The van der Waals surface area contributed by atoms with E-state index >= 15 is 0 Å². The van der Waals surface area contributed by atoms with Crippen LogP contribution in [0.25, 0.3) is 33.2 Å². The van der Waals surface area contributed by atoms with Crippen LogP contribution >= 0.6 is 0 Å². The molecule has 0 bridgehead atoms. The number of pyridine rings is 2. The third kappa shape index (κ3) is 4.01. The zero-order valence-corrected chi connectivity index (χ0v) is 18.6. The Balaban J connectivity index is 1.66. The smallest absolute Gasteiger partial charge is 0.127 e. The van der Waals surface area contributed by atoms with Crippen molar-refractivity contribution in [2.24, 2.45) is 4.99 Å². The van der Waals surface area contributed by atoms with E-state index < -0.39 is 5.82 Å². The predicted octanol–water partition coefficient (Wildman–Crippen LogP) is 5.09. The van der Waals surface area contributed by atoms with Gasteiger partial charge in [0.15, 0.2) is 0 Å². The zero-order chi connectivity index (χ0) is 23.7. The molecule has 2 N–H and O–H groups in total. The van der Waals surface area contributed by atoms with Gasteiger partial charge in [0.2, 0.25) is 0 Å². The number of hydrogen-bond acceptors (Lipinski definition) is 6. The van der Waals surface area contributed by atoms with Crippen LogP contribution in [0.1, 0.15) is 23.9 Å². The zero-order valence-electron chi connectivity index (χ0n) is 18.6. The lowest BCUT2D eigenvalue weighted by molar-refractivity contribution is 0.469. The number of hydrogen-bond donors (Lipinski definition) is 2. The van der Waals surface area contributed by atoms with Crippen LogP contribution in [-0.2, 0) is 0 Å². The van der Waals surface area contributed by atoms with E-state index in [9.17, 15) is 9.50 Å². The first-order valence-electron chi connectivity index (χ1n) is 10.8. The number of aromatic amines is 1. The number of aromatic hydroxyl groups is 1. The molecular weight excluding hydrogens is 431 g/mol. The molecule has 0 amide bonds. The fourth-order valence-electron chi connectivity index (χ4n) is 3.99. The summed E-state index contributed by atoms with van der Waals surface area (Å²) in [7, 11) is 0. The van der Waals surface area contributed by atoms with Crippen molar-refractivity contribution < 1.29 is 9.50 Å². The summed E-state index contributed by atoms with van der Waals surface area (Å²) in [5, 5.41) is 10.7. The summed E-state index contributed by atoms with van der Waals surface area (Å²) in [6.07, 6.45) is 10.2. The molecule has 0 saturated carbocycles. The monoisotopic (exact) mass is 452 g/mol. The third-order valence-corrected chi connectivity index (χ3v) is 5.55. The van der Waals surface area contributed by atoms with Gasteiger partial charge in [0.05, 0.1) is 23.1 Å². The molecule has 0 spiro atoms. The van der Waals surface area contributed by atoms with Crippen molar-refractivity contribution in [1.82, 2.24) is 24.9 Å². The summed E-state index contributed by atoms with van der Waals surface area (Å²) < 4.78 is 14.0. The number of halogens is 1. The molecule has 168 valence electrons. The number of rotatable bonds is 5. The molecule has 1 aromatic carbocycles. The number of nitrogens with one attached hydrogen (secondary N) is 1. The van der Waals surface area contributed by atoms with Crippen LogP contribution < -0.4 is 0 Å². The summed E-state index contributed by atoms with van der Waals surface area (Å²) in [5.74, 6) is -0.654. The largest absolute Gasteiger partial charge is 0.508 e. The van der Waals surface area contributed by atoms with Crippen molar-refractivity contribution >= 4 is 16.6 Å². The molecule has 0 aliphatic rings. The summed E-state index contributed by atoms with van der Waals surface area (Å²) in [6, 6.07) is 7.98. The van der Waals surface area contributed by atoms with E-state index in [1.54, 1.807) is 31.0 Å². The van der Waals surface area contributed by atoms with Crippen molar-refractivity contribution in [1.29, 1.82) is 0 Å². The molecular formula is C26H21FN6O. The minimum absolute atomic E-state index is 0.139. The van der Waals surface area contributed by atoms with Gasteiger partial charge in [-0.25, -0.2) is 14.4 Å². The highest BCUT2D eigenvalue weighted by Crippen LogP contribution is 2.32. The molecule has 4 aromatic heterocycles. The molecule has 34 heavy (non-hydrogen) atoms. The molecule has 0 aliphatic carbocycles. The van der Waals surface area contributed by atoms with Gasteiger partial charge in [0.25, 0.3) is 0 Å². The van der Waals surface area contributed by atoms with E-state index in [1.807, 2.05) is 26.0 Å². The van der Waals surface area contributed by atoms with E-state index in [0.29, 0.717) is 17.7 Å². The number of nitrogens with zero attached hydrogens (tertiary/aromatic N) is 5. The SMILES string of the molecule is CC/N=C(/c1cc2c(-c3cc(O)cc(F)c3)cncc2[nH]1)c1cc(-c2cncnc2)cnc1C. The van der Waals surface area contributed by atoms with Gasteiger partial charge in [0.1, 0.15) is 17.9 Å². The summed E-state index contributed by atoms with van der Waals surface area (Å²) >= 11 is 0. The lowest BCUT2D eigenvalue weighted by atomic mass is 10.0. The van der Waals surface area contributed by atoms with Gasteiger partial charge in [-0.15, -0.1) is 0 Å². The quantitative estimate of drug-likeness (QED) is 0.362. The van der Waals surface area contributed by atoms with Crippen LogP contribution in [0.2, 0.25) is 0 Å². The number of H-pyrrole nitrogens is 1. The maximum absolute atomic E-state index is 14.0. The Morgan fingerprint density at radius 2 is 1.76 bits per heavy atom. The van der Waals surface area contributed by atoms with Gasteiger partial charge in [0, 0.05) is 70.7 Å². The number of fused-ring (bicyclic) bond motifs is 1. The number of benzene rings is 1. The fraction of sp³-hybridized carbons (Fsp3) is 0.115. The van der Waals surface area contributed by atoms with Crippen molar-refractivity contribution in [2.45, 2.75) is 13.8 Å². The Kier molecular flexibility index (Phi) is 5.55. The lowest BCUT2D eigenvalue weighted by Gasteiger charge is -2.10. The molecule has 0 atom stereocenters. The number of phenolic OH excluding ortho intramolecular Hbond substituents is 1. The molecule has 5 aromatic rings. The van der Waals surface area contributed by atoms with E-state index in [2.05, 4.69) is 24.9 Å². The normalized spacial score (nSPS) is 11.8. The highest BCUT2D eigenvalue weighted by molar-refractivity contribution is 6.15. The van der Waals surface area contributed by atoms with Gasteiger partial charge in [-0.3, -0.25) is 15.0 Å². The molecule has 8 heteroatoms. The van der Waals surface area contributed by atoms with Crippen molar-refractivity contribution in [3.63, 3.8) is 0 Å². The minimum Gasteiger partial charge on any atom is -0.508 e. The summed E-state index contributed by atoms with van der Waals surface area (Å²) in [4.78, 5) is 25.3. The highest BCUT2D eigenvalue weighted by atomic mass is 19.1. The second-order valence-electron chi connectivity index (χ2n) is 7.84. The van der Waals surface area contributed by atoms with Gasteiger partial charge < -0.3 is 10.1 Å². The number of aromatic nitrogens is 5. The molecule has 0 saturated heterocycles. The first-order valence-corrected chi connectivity index (χ1v) is 10.8. The fourth-order valence-corrected chi connectivity index (χ4v) is 3.99. The minimum atomic E-state index is -0.514. The van der Waals surface area contributed by atoms with E-state index in [-0.39, 0.29) is 5.75 Å². The Morgan fingerprint density at radius 3 is 2.53 bits per heavy atom. The highest BCUT2D eigenvalue weighted by Gasteiger charge is 2.17. The van der Waals surface area contributed by atoms with Crippen LogP contribution in [0, 0.1) is 12.7 Å². The van der Waals surface area contributed by atoms with Gasteiger partial charge in [-0.2, -0.15) is 0 Å². The standard InChI is InChI=1S/C26H21FN6O/c1-3-31-26(21-6-17(11-32-15(21)2)18-9-29-14-30-10-18)24-8-22-23(12-28-13-25(22)33-24)16-4-19(27)7-20(34)5-16/h4-14,33-34H,3H2,1-2H3/b31-26+. The van der Waals surface area contributed by atoms with Crippen LogP contribution in [0.15, 0.2) is 72.6 Å². The van der Waals surface area contributed by atoms with Crippen molar-refractivity contribution in [3.8, 4) is 28.0 Å². The van der Waals surface area contributed by atoms with Crippen molar-refractivity contribution in [2.75, 3.05) is 6.54 Å². The first kappa shape index (κ1) is 21.4. The average molecular weight is 452 g/mol. The van der Waals surface area contributed by atoms with Crippen LogP contribution in [0.4, 0.5) is 4.39 Å². The third-order valence-electron chi connectivity index (χ3n) is 5.55. The molecule has 4 heterocycles. The Hall–Kier alpha value is -4.46. The Labute approximate surface area is 195 Å². The molecule has 0 aliphatic heterocycles. The van der Waals surface area contributed by atoms with Crippen LogP contribution in [0.3, 0.4) is 0 Å². The molecule has 5 rings (SSSR count). The van der Waals surface area contributed by atoms with Gasteiger partial charge >= 0.3 is 0 Å². The number of phenols is 1. The first-order chi connectivity index (χ1) is 16.5. The number of aryl methyl sites for hydroxylation is 1. The van der Waals surface area contributed by atoms with E-state index in [0.717, 1.165) is 50.8 Å². The maximum Gasteiger partial charge on any atom is 0.127 e. The molecule has 0 radical (unpaired) electrons. The topological polar surface area (TPSA) is 99.9 Å². The lowest BCUT2D eigenvalue weighted by Crippen LogP contribution is -2.08.